The van der Waals surface area contributed by atoms with E-state index in [2.05, 4.69) is 14.7 Å². The summed E-state index contributed by atoms with van der Waals surface area (Å²) in [5.74, 6) is 0.310. The predicted octanol–water partition coefficient (Wildman–Crippen LogP) is 3.07. The maximum atomic E-state index is 12.6. The van der Waals surface area contributed by atoms with Crippen molar-refractivity contribution >= 4 is 6.08 Å². The first-order valence-electron chi connectivity index (χ1n) is 4.46. The van der Waals surface area contributed by atoms with Crippen LogP contribution in [-0.4, -0.2) is 10.1 Å². The van der Waals surface area contributed by atoms with Gasteiger partial charge in [-0.25, -0.2) is 4.39 Å². The Labute approximate surface area is 86.2 Å². The van der Waals surface area contributed by atoms with E-state index in [-0.39, 0.29) is 5.83 Å². The van der Waals surface area contributed by atoms with Crippen LogP contribution in [0.15, 0.2) is 41.0 Å². The maximum Gasteiger partial charge on any atom is 0.214 e. The minimum absolute atomic E-state index is 0.220. The molecule has 1 aromatic heterocycles. The number of rotatable bonds is 2. The fourth-order valence-corrected chi connectivity index (χ4v) is 1.26. The maximum absolute atomic E-state index is 12.6. The molecule has 76 valence electrons. The molecule has 2 aromatic rings. The van der Waals surface area contributed by atoms with Crippen molar-refractivity contribution in [2.75, 3.05) is 0 Å². The van der Waals surface area contributed by atoms with Crippen molar-refractivity contribution in [2.45, 2.75) is 6.92 Å². The van der Waals surface area contributed by atoms with Crippen LogP contribution in [-0.2, 0) is 0 Å². The zero-order chi connectivity index (χ0) is 10.7. The van der Waals surface area contributed by atoms with E-state index in [0.29, 0.717) is 5.82 Å². The van der Waals surface area contributed by atoms with E-state index in [1.807, 2.05) is 12.1 Å². The Bertz CT molecular complexity index is 456. The van der Waals surface area contributed by atoms with Crippen LogP contribution in [0, 0.1) is 0 Å². The minimum Gasteiger partial charge on any atom is -0.342 e. The Balaban J connectivity index is 2.29. The molecule has 3 nitrogen and oxygen atoms in total. The van der Waals surface area contributed by atoms with E-state index in [9.17, 15) is 4.39 Å². The van der Waals surface area contributed by atoms with E-state index in [0.717, 1.165) is 11.1 Å². The van der Waals surface area contributed by atoms with Gasteiger partial charge in [0, 0.05) is 5.56 Å². The third-order valence-electron chi connectivity index (χ3n) is 1.90. The van der Waals surface area contributed by atoms with Gasteiger partial charge in [0.25, 0.3) is 0 Å². The van der Waals surface area contributed by atoms with Crippen molar-refractivity contribution in [1.82, 2.24) is 10.1 Å². The van der Waals surface area contributed by atoms with Crippen molar-refractivity contribution < 1.29 is 8.91 Å². The van der Waals surface area contributed by atoms with E-state index in [1.165, 1.54) is 19.4 Å². The molecule has 2 rings (SSSR count). The third kappa shape index (κ3) is 2.28. The molecule has 1 aromatic carbocycles. The topological polar surface area (TPSA) is 38.9 Å². The predicted molar refractivity (Wildman–Crippen MR) is 54.5 cm³/mol. The molecule has 0 unspecified atom stereocenters. The highest BCUT2D eigenvalue weighted by atomic mass is 19.1. The molecule has 0 saturated carbocycles. The molecule has 15 heavy (non-hydrogen) atoms. The highest BCUT2D eigenvalue weighted by Gasteiger charge is 2.01. The first kappa shape index (κ1) is 9.58. The second-order valence-corrected chi connectivity index (χ2v) is 3.11. The summed E-state index contributed by atoms with van der Waals surface area (Å²) in [6, 6.07) is 7.24. The highest BCUT2D eigenvalue weighted by molar-refractivity contribution is 5.59. The summed E-state index contributed by atoms with van der Waals surface area (Å²) >= 11 is 0. The van der Waals surface area contributed by atoms with Crippen molar-refractivity contribution in [3.05, 3.63) is 42.0 Å². The average molecular weight is 204 g/mol. The lowest BCUT2D eigenvalue weighted by atomic mass is 10.1. The molecule has 0 fully saturated rings. The molecule has 0 N–H and O–H groups in total. The van der Waals surface area contributed by atoms with Crippen molar-refractivity contribution in [1.29, 1.82) is 0 Å². The van der Waals surface area contributed by atoms with Gasteiger partial charge in [-0.2, -0.15) is 4.98 Å². The number of hydrogen-bond acceptors (Lipinski definition) is 3. The molecule has 0 amide bonds. The molecule has 1 heterocycles. The summed E-state index contributed by atoms with van der Waals surface area (Å²) in [5, 5.41) is 3.70. The van der Waals surface area contributed by atoms with Crippen LogP contribution in [0.1, 0.15) is 12.5 Å². The molecule has 0 saturated heterocycles. The molecule has 0 aliphatic heterocycles. The van der Waals surface area contributed by atoms with Crippen LogP contribution in [0.5, 0.6) is 0 Å². The minimum atomic E-state index is -0.220. The third-order valence-corrected chi connectivity index (χ3v) is 1.90. The molecular weight excluding hydrogens is 195 g/mol. The van der Waals surface area contributed by atoms with Crippen LogP contribution >= 0.6 is 0 Å². The van der Waals surface area contributed by atoms with Gasteiger partial charge in [0.15, 0.2) is 0 Å². The van der Waals surface area contributed by atoms with Crippen molar-refractivity contribution in [3.63, 3.8) is 0 Å². The number of halogens is 1. The molecule has 0 aliphatic carbocycles. The van der Waals surface area contributed by atoms with E-state index in [1.54, 1.807) is 12.1 Å². The molecule has 0 aliphatic rings. The van der Waals surface area contributed by atoms with Gasteiger partial charge in [0.2, 0.25) is 12.2 Å². The highest BCUT2D eigenvalue weighted by Crippen LogP contribution is 2.16. The summed E-state index contributed by atoms with van der Waals surface area (Å²) in [6.07, 6.45) is 2.73. The number of hydrogen-bond donors (Lipinski definition) is 0. The number of nitrogens with zero attached hydrogens (tertiary/aromatic N) is 2. The monoisotopic (exact) mass is 204 g/mol. The summed E-state index contributed by atoms with van der Waals surface area (Å²) in [6.45, 7) is 1.41. The second kappa shape index (κ2) is 4.04. The van der Waals surface area contributed by atoms with E-state index < -0.39 is 0 Å². The van der Waals surface area contributed by atoms with Gasteiger partial charge >= 0.3 is 0 Å². The van der Waals surface area contributed by atoms with E-state index >= 15 is 0 Å². The quantitative estimate of drug-likeness (QED) is 0.754. The van der Waals surface area contributed by atoms with Gasteiger partial charge in [-0.15, -0.1) is 0 Å². The summed E-state index contributed by atoms with van der Waals surface area (Å²) in [4.78, 5) is 3.91. The Morgan fingerprint density at radius 3 is 2.60 bits per heavy atom. The van der Waals surface area contributed by atoms with Gasteiger partial charge in [-0.3, -0.25) is 0 Å². The van der Waals surface area contributed by atoms with Crippen LogP contribution in [0.2, 0.25) is 0 Å². The Morgan fingerprint density at radius 2 is 2.07 bits per heavy atom. The Kier molecular flexibility index (Phi) is 2.58. The van der Waals surface area contributed by atoms with Crippen LogP contribution < -0.4 is 0 Å². The molecule has 0 atom stereocenters. The molecule has 0 radical (unpaired) electrons. The van der Waals surface area contributed by atoms with E-state index in [4.69, 9.17) is 0 Å². The Morgan fingerprint density at radius 1 is 1.33 bits per heavy atom. The number of aromatic nitrogens is 2. The van der Waals surface area contributed by atoms with Crippen molar-refractivity contribution in [3.8, 4) is 11.4 Å². The summed E-state index contributed by atoms with van der Waals surface area (Å²) in [5.41, 5.74) is 1.65. The average Bonchev–Trinajstić information content (AvgIpc) is 2.71. The standard InChI is InChI=1S/C11H9FN2O/c1-8(12)6-9-2-4-10(5-3-9)11-13-7-15-14-11/h2-7H,1H3/b8-6-. The lowest BCUT2D eigenvalue weighted by Crippen LogP contribution is -1.80. The zero-order valence-electron chi connectivity index (χ0n) is 8.14. The number of allylic oxidation sites excluding steroid dienone is 1. The van der Waals surface area contributed by atoms with Crippen LogP contribution in [0.25, 0.3) is 17.5 Å². The van der Waals surface area contributed by atoms with Gasteiger partial charge in [-0.05, 0) is 18.6 Å². The normalized spacial score (nSPS) is 11.7. The Hall–Kier alpha value is -1.97. The lowest BCUT2D eigenvalue weighted by Gasteiger charge is -1.96. The first-order valence-corrected chi connectivity index (χ1v) is 4.46. The second-order valence-electron chi connectivity index (χ2n) is 3.11. The SMILES string of the molecule is C/C(F)=C/c1ccc(-c2ncon2)cc1. The largest absolute Gasteiger partial charge is 0.342 e. The lowest BCUT2D eigenvalue weighted by molar-refractivity contribution is 0.419. The summed E-state index contributed by atoms with van der Waals surface area (Å²) < 4.78 is 17.2. The van der Waals surface area contributed by atoms with Crippen molar-refractivity contribution in [2.24, 2.45) is 0 Å². The molecule has 0 bridgehead atoms. The molecule has 0 spiro atoms. The molecule has 4 heteroatoms. The number of benzene rings is 1. The van der Waals surface area contributed by atoms with Crippen LogP contribution in [0.3, 0.4) is 0 Å². The van der Waals surface area contributed by atoms with Gasteiger partial charge in [0.1, 0.15) is 0 Å². The van der Waals surface area contributed by atoms with Gasteiger partial charge < -0.3 is 4.52 Å². The van der Waals surface area contributed by atoms with Crippen LogP contribution in [0.4, 0.5) is 4.39 Å². The summed E-state index contributed by atoms with van der Waals surface area (Å²) in [7, 11) is 0. The van der Waals surface area contributed by atoms with Gasteiger partial charge in [-0.1, -0.05) is 29.4 Å². The van der Waals surface area contributed by atoms with Gasteiger partial charge in [0.05, 0.1) is 5.83 Å². The zero-order valence-corrected chi connectivity index (χ0v) is 8.14. The first-order chi connectivity index (χ1) is 7.25. The smallest absolute Gasteiger partial charge is 0.214 e. The fourth-order valence-electron chi connectivity index (χ4n) is 1.26. The fraction of sp³-hybridized carbons (Fsp3) is 0.0909. The molecular formula is C11H9FN2O.